The van der Waals surface area contributed by atoms with Crippen molar-refractivity contribution in [3.63, 3.8) is 0 Å². The van der Waals surface area contributed by atoms with Crippen LogP contribution in [0.5, 0.6) is 0 Å². The zero-order valence-corrected chi connectivity index (χ0v) is 12.5. The average Bonchev–Trinajstić information content (AvgIpc) is 2.49. The molecule has 3 aromatic rings. The Labute approximate surface area is 123 Å². The van der Waals surface area contributed by atoms with E-state index in [0.717, 1.165) is 5.56 Å². The summed E-state index contributed by atoms with van der Waals surface area (Å²) < 4.78 is 4.77. The molecular formula is C18H12I+. The lowest BCUT2D eigenvalue weighted by atomic mass is 10.1. The lowest BCUT2D eigenvalue weighted by Gasteiger charge is -1.94. The van der Waals surface area contributed by atoms with Crippen molar-refractivity contribution in [3.05, 3.63) is 81.9 Å². The molecule has 1 heteroatoms. The second-order valence-corrected chi connectivity index (χ2v) is 6.38. The van der Waals surface area contributed by atoms with E-state index in [9.17, 15) is 0 Å². The Balaban J connectivity index is 1.89. The number of rotatable bonds is 1. The minimum absolute atomic E-state index is 0.262. The van der Waals surface area contributed by atoms with E-state index in [2.05, 4.69) is 64.4 Å². The molecule has 19 heavy (non-hydrogen) atoms. The highest BCUT2D eigenvalue weighted by Gasteiger charge is 2.12. The molecule has 0 heterocycles. The monoisotopic (exact) mass is 355 g/mol. The molecule has 0 aliphatic heterocycles. The van der Waals surface area contributed by atoms with E-state index >= 15 is 0 Å². The van der Waals surface area contributed by atoms with Gasteiger partial charge in [-0.15, -0.1) is 0 Å². The summed E-state index contributed by atoms with van der Waals surface area (Å²) in [6.45, 7) is 0. The van der Waals surface area contributed by atoms with Gasteiger partial charge in [0.15, 0.2) is 3.93 Å². The van der Waals surface area contributed by atoms with E-state index in [0.29, 0.717) is 0 Å². The van der Waals surface area contributed by atoms with Gasteiger partial charge in [-0.3, -0.25) is 0 Å². The molecule has 0 aliphatic carbocycles. The van der Waals surface area contributed by atoms with Crippen molar-refractivity contribution in [2.75, 3.05) is 0 Å². The highest BCUT2D eigenvalue weighted by Crippen LogP contribution is 2.11. The molecule has 3 rings (SSSR count). The summed E-state index contributed by atoms with van der Waals surface area (Å²) in [6.07, 6.45) is 0. The predicted molar refractivity (Wildman–Crippen MR) is 76.0 cm³/mol. The molecule has 0 nitrogen and oxygen atoms in total. The van der Waals surface area contributed by atoms with Gasteiger partial charge < -0.3 is 0 Å². The Bertz CT molecular complexity index is 743. The third kappa shape index (κ3) is 2.97. The fourth-order valence-corrected chi connectivity index (χ4v) is 3.82. The van der Waals surface area contributed by atoms with Crippen molar-refractivity contribution >= 4 is 10.8 Å². The van der Waals surface area contributed by atoms with Crippen molar-refractivity contribution < 1.29 is 21.2 Å². The SMILES string of the molecule is C(#Cc1ccccc1)[I+]c1cccc2ccccc12. The van der Waals surface area contributed by atoms with Crippen LogP contribution in [0.1, 0.15) is 5.56 Å². The molecule has 0 radical (unpaired) electrons. The van der Waals surface area contributed by atoms with Crippen molar-refractivity contribution in [1.29, 1.82) is 0 Å². The molecule has 0 aromatic heterocycles. The zero-order valence-electron chi connectivity index (χ0n) is 10.3. The summed E-state index contributed by atoms with van der Waals surface area (Å²) in [5.74, 6) is 3.26. The molecule has 0 bridgehead atoms. The van der Waals surface area contributed by atoms with Crippen molar-refractivity contribution in [2.45, 2.75) is 0 Å². The maximum absolute atomic E-state index is 3.37. The first-order valence-electron chi connectivity index (χ1n) is 6.11. The molecule has 3 aromatic carbocycles. The standard InChI is InChI=1S/C18H12I/c1-2-7-15(8-3-1)13-14-19-18-12-6-10-16-9-4-5-11-17(16)18/h1-12H/q+1. The fraction of sp³-hybridized carbons (Fsp3) is 0. The van der Waals surface area contributed by atoms with Crippen LogP contribution in [-0.4, -0.2) is 0 Å². The molecule has 0 N–H and O–H groups in total. The van der Waals surface area contributed by atoms with Crippen LogP contribution < -0.4 is 21.2 Å². The summed E-state index contributed by atoms with van der Waals surface area (Å²) in [6, 6.07) is 25.2. The van der Waals surface area contributed by atoms with Crippen LogP contribution in [0.4, 0.5) is 0 Å². The highest BCUT2D eigenvalue weighted by molar-refractivity contribution is 5.81. The van der Waals surface area contributed by atoms with Crippen molar-refractivity contribution in [1.82, 2.24) is 0 Å². The van der Waals surface area contributed by atoms with E-state index in [4.69, 9.17) is 0 Å². The zero-order chi connectivity index (χ0) is 12.9. The molecule has 0 saturated carbocycles. The second kappa shape index (κ2) is 5.90. The third-order valence-electron chi connectivity index (χ3n) is 2.85. The molecule has 0 fully saturated rings. The second-order valence-electron chi connectivity index (χ2n) is 4.14. The van der Waals surface area contributed by atoms with E-state index < -0.39 is 0 Å². The predicted octanol–water partition coefficient (Wildman–Crippen LogP) is 1.11. The van der Waals surface area contributed by atoms with Gasteiger partial charge in [-0.05, 0) is 35.6 Å². The number of halogens is 1. The molecule has 0 saturated heterocycles. The molecule has 0 atom stereocenters. The van der Waals surface area contributed by atoms with Crippen LogP contribution in [0.15, 0.2) is 72.8 Å². The number of benzene rings is 3. The number of fused-ring (bicyclic) bond motifs is 1. The lowest BCUT2D eigenvalue weighted by Crippen LogP contribution is -3.59. The first-order valence-corrected chi connectivity index (χ1v) is 8.27. The van der Waals surface area contributed by atoms with E-state index in [-0.39, 0.29) is 21.2 Å². The number of hydrogen-bond donors (Lipinski definition) is 0. The summed E-state index contributed by atoms with van der Waals surface area (Å²) in [5, 5.41) is 2.65. The van der Waals surface area contributed by atoms with Crippen molar-refractivity contribution in [2.24, 2.45) is 0 Å². The van der Waals surface area contributed by atoms with Crippen LogP contribution in [0.25, 0.3) is 10.8 Å². The summed E-state index contributed by atoms with van der Waals surface area (Å²) in [5.41, 5.74) is 1.10. The van der Waals surface area contributed by atoms with Gasteiger partial charge >= 0.3 is 21.2 Å². The Morgan fingerprint density at radius 1 is 0.684 bits per heavy atom. The van der Waals surface area contributed by atoms with Gasteiger partial charge in [0.1, 0.15) is 0 Å². The Morgan fingerprint density at radius 2 is 1.42 bits per heavy atom. The first-order chi connectivity index (χ1) is 9.43. The van der Waals surface area contributed by atoms with Crippen molar-refractivity contribution in [3.8, 4) is 9.85 Å². The third-order valence-corrected chi connectivity index (χ3v) is 4.91. The Kier molecular flexibility index (Phi) is 3.81. The Hall–Kier alpha value is -1.79. The maximum atomic E-state index is 3.37. The van der Waals surface area contributed by atoms with Gasteiger partial charge in [-0.1, -0.05) is 48.5 Å². The summed E-state index contributed by atoms with van der Waals surface area (Å²) in [4.78, 5) is 0. The summed E-state index contributed by atoms with van der Waals surface area (Å²) >= 11 is -0.262. The molecular weight excluding hydrogens is 343 g/mol. The molecule has 0 unspecified atom stereocenters. The first kappa shape index (κ1) is 12.3. The van der Waals surface area contributed by atoms with Crippen LogP contribution in [0.3, 0.4) is 0 Å². The van der Waals surface area contributed by atoms with Gasteiger partial charge in [0.05, 0.1) is 0 Å². The topological polar surface area (TPSA) is 0 Å². The Morgan fingerprint density at radius 3 is 2.32 bits per heavy atom. The molecule has 90 valence electrons. The van der Waals surface area contributed by atoms with Crippen LogP contribution in [0, 0.1) is 13.4 Å². The minimum atomic E-state index is -0.262. The quantitative estimate of drug-likeness (QED) is 0.453. The highest BCUT2D eigenvalue weighted by atomic mass is 127. The largest absolute Gasteiger partial charge is 0.420 e. The normalized spacial score (nSPS) is 9.89. The summed E-state index contributed by atoms with van der Waals surface area (Å²) in [7, 11) is 0. The van der Waals surface area contributed by atoms with Crippen LogP contribution >= 0.6 is 0 Å². The molecule has 0 amide bonds. The van der Waals surface area contributed by atoms with Gasteiger partial charge in [0, 0.05) is 10.9 Å². The van der Waals surface area contributed by atoms with Gasteiger partial charge in [-0.25, -0.2) is 0 Å². The molecule has 0 aliphatic rings. The van der Waals surface area contributed by atoms with Crippen LogP contribution in [-0.2, 0) is 0 Å². The van der Waals surface area contributed by atoms with Gasteiger partial charge in [-0.2, -0.15) is 0 Å². The minimum Gasteiger partial charge on any atom is -0.0622 e. The van der Waals surface area contributed by atoms with E-state index in [1.54, 1.807) is 0 Å². The smallest absolute Gasteiger partial charge is 0.0622 e. The van der Waals surface area contributed by atoms with E-state index in [1.807, 2.05) is 18.2 Å². The van der Waals surface area contributed by atoms with Gasteiger partial charge in [0.25, 0.3) is 0 Å². The van der Waals surface area contributed by atoms with E-state index in [1.165, 1.54) is 14.3 Å². The maximum Gasteiger partial charge on any atom is 0.420 e. The lowest BCUT2D eigenvalue weighted by molar-refractivity contribution is -0.532. The fourth-order valence-electron chi connectivity index (χ4n) is 1.92. The molecule has 0 spiro atoms. The number of hydrogen-bond acceptors (Lipinski definition) is 0. The van der Waals surface area contributed by atoms with Gasteiger partial charge in [0.2, 0.25) is 3.57 Å². The average molecular weight is 355 g/mol. The van der Waals surface area contributed by atoms with Crippen LogP contribution in [0.2, 0.25) is 0 Å².